The van der Waals surface area contributed by atoms with Gasteiger partial charge in [-0.2, -0.15) is 0 Å². The molecule has 2 fully saturated rings. The molecule has 1 spiro atoms. The lowest BCUT2D eigenvalue weighted by molar-refractivity contribution is -0.136. The number of anilines is 1. The molecular weight excluding hydrogens is 328 g/mol. The molecule has 1 aromatic carbocycles. The fourth-order valence-corrected chi connectivity index (χ4v) is 2.65. The molecule has 1 aromatic rings. The van der Waals surface area contributed by atoms with Crippen LogP contribution in [0.2, 0.25) is 0 Å². The van der Waals surface area contributed by atoms with Crippen LogP contribution in [-0.4, -0.2) is 25.0 Å². The maximum absolute atomic E-state index is 12.5. The number of ether oxygens (including phenoxy) is 1. The highest BCUT2D eigenvalue weighted by molar-refractivity contribution is 9.10. The molecule has 1 saturated carbocycles. The Morgan fingerprint density at radius 1 is 1.30 bits per heavy atom. The number of halogens is 1. The Kier molecular flexibility index (Phi) is 2.82. The average Bonchev–Trinajstić information content (AvgIpc) is 3.19. The lowest BCUT2D eigenvalue weighted by Crippen LogP contribution is -2.59. The largest absolute Gasteiger partial charge is 0.495 e. The minimum atomic E-state index is -1.07. The Morgan fingerprint density at radius 3 is 2.60 bits per heavy atom. The predicted octanol–water partition coefficient (Wildman–Crippen LogP) is 1.82. The number of benzene rings is 1. The molecule has 0 unspecified atom stereocenters. The number of methoxy groups -OCH3 is 1. The van der Waals surface area contributed by atoms with Gasteiger partial charge in [0, 0.05) is 4.47 Å². The fraction of sp³-hybridized carbons (Fsp3) is 0.308. The van der Waals surface area contributed by atoms with E-state index in [0.717, 1.165) is 4.90 Å². The molecule has 0 radical (unpaired) electrons. The normalized spacial score (nSPS) is 20.1. The molecule has 3 rings (SSSR count). The van der Waals surface area contributed by atoms with E-state index in [1.165, 1.54) is 7.11 Å². The topological polar surface area (TPSA) is 75.7 Å². The van der Waals surface area contributed by atoms with Crippen molar-refractivity contribution < 1.29 is 19.1 Å². The van der Waals surface area contributed by atoms with E-state index in [1.54, 1.807) is 18.2 Å². The number of urea groups is 1. The first kappa shape index (κ1) is 13.1. The molecule has 6 nitrogen and oxygen atoms in total. The Morgan fingerprint density at radius 2 is 2.00 bits per heavy atom. The molecule has 1 aliphatic heterocycles. The van der Waals surface area contributed by atoms with Gasteiger partial charge in [0.05, 0.1) is 12.8 Å². The molecule has 20 heavy (non-hydrogen) atoms. The van der Waals surface area contributed by atoms with Crippen molar-refractivity contribution in [1.29, 1.82) is 0 Å². The molecule has 7 heteroatoms. The van der Waals surface area contributed by atoms with Gasteiger partial charge < -0.3 is 4.74 Å². The van der Waals surface area contributed by atoms with Crippen LogP contribution in [0.1, 0.15) is 12.8 Å². The zero-order valence-electron chi connectivity index (χ0n) is 10.6. The minimum absolute atomic E-state index is 0.322. The number of rotatable bonds is 2. The van der Waals surface area contributed by atoms with Gasteiger partial charge in [0.25, 0.3) is 5.91 Å². The van der Waals surface area contributed by atoms with Crippen molar-refractivity contribution in [3.63, 3.8) is 0 Å². The van der Waals surface area contributed by atoms with Gasteiger partial charge in [-0.15, -0.1) is 0 Å². The van der Waals surface area contributed by atoms with Crippen LogP contribution in [0.3, 0.4) is 0 Å². The monoisotopic (exact) mass is 338 g/mol. The smallest absolute Gasteiger partial charge is 0.335 e. The molecule has 0 aromatic heterocycles. The molecule has 104 valence electrons. The first-order chi connectivity index (χ1) is 9.49. The maximum Gasteiger partial charge on any atom is 0.335 e. The molecule has 1 N–H and O–H groups in total. The SMILES string of the molecule is COc1ccc(Br)cc1N1C(=O)NC(=O)C2(CC2)C1=O. The predicted molar refractivity (Wildman–Crippen MR) is 73.4 cm³/mol. The number of hydrogen-bond acceptors (Lipinski definition) is 4. The molecule has 1 saturated heterocycles. The zero-order chi connectivity index (χ0) is 14.5. The first-order valence-electron chi connectivity index (χ1n) is 6.03. The van der Waals surface area contributed by atoms with Crippen LogP contribution in [0.15, 0.2) is 22.7 Å². The Bertz CT molecular complexity index is 639. The average molecular weight is 339 g/mol. The number of amides is 4. The summed E-state index contributed by atoms with van der Waals surface area (Å²) < 4.78 is 5.89. The molecule has 0 bridgehead atoms. The van der Waals surface area contributed by atoms with Crippen molar-refractivity contribution >= 4 is 39.5 Å². The van der Waals surface area contributed by atoms with Crippen molar-refractivity contribution in [3.05, 3.63) is 22.7 Å². The van der Waals surface area contributed by atoms with E-state index in [1.807, 2.05) is 0 Å². The lowest BCUT2D eigenvalue weighted by Gasteiger charge is -2.31. The van der Waals surface area contributed by atoms with E-state index < -0.39 is 23.3 Å². The number of barbiturate groups is 1. The summed E-state index contributed by atoms with van der Waals surface area (Å²) in [5, 5.41) is 2.24. The third-order valence-electron chi connectivity index (χ3n) is 3.60. The summed E-state index contributed by atoms with van der Waals surface area (Å²) in [5.41, 5.74) is -0.746. The van der Waals surface area contributed by atoms with Crippen molar-refractivity contribution in [2.45, 2.75) is 12.8 Å². The van der Waals surface area contributed by atoms with Crippen LogP contribution in [0, 0.1) is 5.41 Å². The Hall–Kier alpha value is -1.89. The second-order valence-corrected chi connectivity index (χ2v) is 5.71. The molecule has 2 aliphatic rings. The summed E-state index contributed by atoms with van der Waals surface area (Å²) in [6.07, 6.45) is 0.940. The van der Waals surface area contributed by atoms with Crippen LogP contribution in [0.4, 0.5) is 10.5 Å². The second-order valence-electron chi connectivity index (χ2n) is 4.80. The number of nitrogens with zero attached hydrogens (tertiary/aromatic N) is 1. The third-order valence-corrected chi connectivity index (χ3v) is 4.10. The van der Waals surface area contributed by atoms with Gasteiger partial charge in [0.15, 0.2) is 0 Å². The van der Waals surface area contributed by atoms with Gasteiger partial charge in [-0.05, 0) is 31.0 Å². The lowest BCUT2D eigenvalue weighted by atomic mass is 10.0. The number of hydrogen-bond donors (Lipinski definition) is 1. The van der Waals surface area contributed by atoms with Gasteiger partial charge in [0.1, 0.15) is 11.2 Å². The van der Waals surface area contributed by atoms with E-state index in [0.29, 0.717) is 28.8 Å². The summed E-state index contributed by atoms with van der Waals surface area (Å²) in [4.78, 5) is 37.3. The van der Waals surface area contributed by atoms with Crippen LogP contribution < -0.4 is 15.0 Å². The molecule has 4 amide bonds. The maximum atomic E-state index is 12.5. The summed E-state index contributed by atoms with van der Waals surface area (Å²) in [6, 6.07) is 4.26. The van der Waals surface area contributed by atoms with Crippen LogP contribution in [0.25, 0.3) is 0 Å². The van der Waals surface area contributed by atoms with E-state index in [2.05, 4.69) is 21.2 Å². The fourth-order valence-electron chi connectivity index (χ4n) is 2.30. The van der Waals surface area contributed by atoms with Gasteiger partial charge in [-0.25, -0.2) is 9.69 Å². The van der Waals surface area contributed by atoms with E-state index in [9.17, 15) is 14.4 Å². The van der Waals surface area contributed by atoms with E-state index >= 15 is 0 Å². The Labute approximate surface area is 123 Å². The minimum Gasteiger partial charge on any atom is -0.495 e. The molecule has 0 atom stereocenters. The Balaban J connectivity index is 2.09. The number of imide groups is 2. The molecular formula is C13H11BrN2O4. The van der Waals surface area contributed by atoms with Crippen molar-refractivity contribution in [1.82, 2.24) is 5.32 Å². The summed E-state index contributed by atoms with van der Waals surface area (Å²) >= 11 is 3.30. The highest BCUT2D eigenvalue weighted by Gasteiger charge is 2.62. The van der Waals surface area contributed by atoms with Crippen molar-refractivity contribution in [2.24, 2.45) is 5.41 Å². The first-order valence-corrected chi connectivity index (χ1v) is 6.82. The highest BCUT2D eigenvalue weighted by atomic mass is 79.9. The van der Waals surface area contributed by atoms with Gasteiger partial charge >= 0.3 is 6.03 Å². The van der Waals surface area contributed by atoms with Gasteiger partial charge in [-0.1, -0.05) is 15.9 Å². The summed E-state index contributed by atoms with van der Waals surface area (Å²) in [6.45, 7) is 0. The van der Waals surface area contributed by atoms with Crippen LogP contribution >= 0.6 is 15.9 Å². The summed E-state index contributed by atoms with van der Waals surface area (Å²) in [5.74, 6) is -0.595. The zero-order valence-corrected chi connectivity index (χ0v) is 12.2. The summed E-state index contributed by atoms with van der Waals surface area (Å²) in [7, 11) is 1.46. The van der Waals surface area contributed by atoms with E-state index in [-0.39, 0.29) is 0 Å². The quantitative estimate of drug-likeness (QED) is 0.834. The molecule has 1 aliphatic carbocycles. The van der Waals surface area contributed by atoms with Crippen LogP contribution in [0.5, 0.6) is 5.75 Å². The van der Waals surface area contributed by atoms with E-state index in [4.69, 9.17) is 4.74 Å². The van der Waals surface area contributed by atoms with Gasteiger partial charge in [-0.3, -0.25) is 14.9 Å². The van der Waals surface area contributed by atoms with Crippen molar-refractivity contribution in [2.75, 3.05) is 12.0 Å². The second kappa shape index (κ2) is 4.31. The highest BCUT2D eigenvalue weighted by Crippen LogP contribution is 2.50. The number of nitrogens with one attached hydrogen (secondary N) is 1. The van der Waals surface area contributed by atoms with Crippen LogP contribution in [-0.2, 0) is 9.59 Å². The van der Waals surface area contributed by atoms with Crippen molar-refractivity contribution in [3.8, 4) is 5.75 Å². The third kappa shape index (κ3) is 1.73. The standard InChI is InChI=1S/C13H11BrN2O4/c1-20-9-3-2-7(14)6-8(9)16-11(18)13(4-5-13)10(17)15-12(16)19/h2-3,6H,4-5H2,1H3,(H,15,17,19). The molecule has 1 heterocycles. The van der Waals surface area contributed by atoms with Gasteiger partial charge in [0.2, 0.25) is 5.91 Å². The number of carbonyl (C=O) groups is 3. The number of carbonyl (C=O) groups excluding carboxylic acids is 3.